The van der Waals surface area contributed by atoms with E-state index in [1.807, 2.05) is 12.1 Å². The number of hydrazine groups is 1. The van der Waals surface area contributed by atoms with Crippen LogP contribution in [0.1, 0.15) is 21.3 Å². The Labute approximate surface area is 159 Å². The quantitative estimate of drug-likeness (QED) is 0.823. The summed E-state index contributed by atoms with van der Waals surface area (Å²) < 4.78 is 0. The SMILES string of the molecule is O=C(CNC(=O)c1ccccc1)NN1C(=O)CSC1c1ccc(Cl)cc1. The first-order chi connectivity index (χ1) is 12.5. The highest BCUT2D eigenvalue weighted by molar-refractivity contribution is 8.00. The van der Waals surface area contributed by atoms with Gasteiger partial charge < -0.3 is 5.32 Å². The second kappa shape index (κ2) is 8.25. The van der Waals surface area contributed by atoms with Gasteiger partial charge in [0.25, 0.3) is 17.7 Å². The van der Waals surface area contributed by atoms with E-state index >= 15 is 0 Å². The van der Waals surface area contributed by atoms with Crippen LogP contribution in [0.4, 0.5) is 0 Å². The molecule has 0 aliphatic carbocycles. The Balaban J connectivity index is 1.59. The molecule has 1 saturated heterocycles. The molecule has 0 bridgehead atoms. The first-order valence-electron chi connectivity index (χ1n) is 7.86. The van der Waals surface area contributed by atoms with Crippen molar-refractivity contribution in [3.8, 4) is 0 Å². The van der Waals surface area contributed by atoms with Crippen LogP contribution in [-0.2, 0) is 9.59 Å². The Hall–Kier alpha value is -2.51. The second-order valence-corrected chi connectivity index (χ2v) is 7.07. The molecule has 3 amide bonds. The molecule has 1 fully saturated rings. The fourth-order valence-corrected chi connectivity index (χ4v) is 3.68. The second-order valence-electron chi connectivity index (χ2n) is 5.56. The molecule has 0 aromatic heterocycles. The summed E-state index contributed by atoms with van der Waals surface area (Å²) in [5.41, 5.74) is 3.90. The number of halogens is 1. The van der Waals surface area contributed by atoms with Crippen molar-refractivity contribution in [2.24, 2.45) is 0 Å². The lowest BCUT2D eigenvalue weighted by atomic mass is 10.2. The predicted octanol–water partition coefficient (Wildman–Crippen LogP) is 2.38. The van der Waals surface area contributed by atoms with Gasteiger partial charge in [-0.25, -0.2) is 5.01 Å². The topological polar surface area (TPSA) is 78.5 Å². The predicted molar refractivity (Wildman–Crippen MR) is 100 cm³/mol. The Morgan fingerprint density at radius 1 is 1.12 bits per heavy atom. The number of hydrogen-bond acceptors (Lipinski definition) is 4. The summed E-state index contributed by atoms with van der Waals surface area (Å²) in [6.07, 6.45) is 0. The van der Waals surface area contributed by atoms with E-state index in [1.54, 1.807) is 42.5 Å². The summed E-state index contributed by atoms with van der Waals surface area (Å²) in [4.78, 5) is 36.2. The Morgan fingerprint density at radius 3 is 2.50 bits per heavy atom. The fourth-order valence-electron chi connectivity index (χ4n) is 2.44. The molecule has 2 aromatic rings. The molecule has 3 rings (SSSR count). The van der Waals surface area contributed by atoms with Crippen LogP contribution in [0.25, 0.3) is 0 Å². The maximum Gasteiger partial charge on any atom is 0.258 e. The molecule has 0 radical (unpaired) electrons. The van der Waals surface area contributed by atoms with E-state index in [0.29, 0.717) is 10.6 Å². The van der Waals surface area contributed by atoms with Gasteiger partial charge in [0.2, 0.25) is 0 Å². The number of thioether (sulfide) groups is 1. The van der Waals surface area contributed by atoms with E-state index in [9.17, 15) is 14.4 Å². The summed E-state index contributed by atoms with van der Waals surface area (Å²) in [7, 11) is 0. The third kappa shape index (κ3) is 4.36. The number of benzene rings is 2. The largest absolute Gasteiger partial charge is 0.343 e. The van der Waals surface area contributed by atoms with Crippen molar-refractivity contribution in [3.05, 3.63) is 70.7 Å². The maximum atomic E-state index is 12.2. The van der Waals surface area contributed by atoms with E-state index in [2.05, 4.69) is 10.7 Å². The first-order valence-corrected chi connectivity index (χ1v) is 9.29. The smallest absolute Gasteiger partial charge is 0.258 e. The summed E-state index contributed by atoms with van der Waals surface area (Å²) in [6.45, 7) is -0.227. The highest BCUT2D eigenvalue weighted by Crippen LogP contribution is 2.37. The Bertz CT molecular complexity index is 814. The van der Waals surface area contributed by atoms with Crippen molar-refractivity contribution < 1.29 is 14.4 Å². The van der Waals surface area contributed by atoms with Gasteiger partial charge in [0.05, 0.1) is 12.3 Å². The average Bonchev–Trinajstić information content (AvgIpc) is 3.01. The van der Waals surface area contributed by atoms with Crippen LogP contribution < -0.4 is 10.7 Å². The molecule has 1 atom stereocenters. The number of amides is 3. The number of nitrogens with one attached hydrogen (secondary N) is 2. The van der Waals surface area contributed by atoms with E-state index in [-0.39, 0.29) is 29.5 Å². The van der Waals surface area contributed by atoms with Crippen molar-refractivity contribution in [1.29, 1.82) is 0 Å². The molecule has 134 valence electrons. The van der Waals surface area contributed by atoms with Gasteiger partial charge >= 0.3 is 0 Å². The third-order valence-electron chi connectivity index (χ3n) is 3.71. The van der Waals surface area contributed by atoms with E-state index < -0.39 is 5.91 Å². The minimum absolute atomic E-state index is 0.197. The Morgan fingerprint density at radius 2 is 1.81 bits per heavy atom. The average molecular weight is 390 g/mol. The molecule has 1 heterocycles. The minimum Gasteiger partial charge on any atom is -0.343 e. The van der Waals surface area contributed by atoms with Crippen molar-refractivity contribution in [3.63, 3.8) is 0 Å². The van der Waals surface area contributed by atoms with E-state index in [4.69, 9.17) is 11.6 Å². The molecule has 0 saturated carbocycles. The Kier molecular flexibility index (Phi) is 5.80. The normalized spacial score (nSPS) is 16.4. The molecule has 0 spiro atoms. The zero-order valence-corrected chi connectivity index (χ0v) is 15.2. The van der Waals surface area contributed by atoms with E-state index in [1.165, 1.54) is 16.8 Å². The molecule has 1 aliphatic rings. The van der Waals surface area contributed by atoms with Crippen molar-refractivity contribution in [2.45, 2.75) is 5.37 Å². The molecule has 6 nitrogen and oxygen atoms in total. The van der Waals surface area contributed by atoms with Crippen LogP contribution in [0, 0.1) is 0 Å². The lowest BCUT2D eigenvalue weighted by Gasteiger charge is -2.24. The summed E-state index contributed by atoms with van der Waals surface area (Å²) in [5, 5.41) is 4.11. The number of carbonyl (C=O) groups excluding carboxylic acids is 3. The number of nitrogens with zero attached hydrogens (tertiary/aromatic N) is 1. The number of carbonyl (C=O) groups is 3. The van der Waals surface area contributed by atoms with Crippen molar-refractivity contribution in [1.82, 2.24) is 15.8 Å². The first kappa shape index (κ1) is 18.3. The van der Waals surface area contributed by atoms with E-state index in [0.717, 1.165) is 5.56 Å². The van der Waals surface area contributed by atoms with Gasteiger partial charge in [-0.1, -0.05) is 41.9 Å². The molecule has 8 heteroatoms. The van der Waals surface area contributed by atoms with Crippen LogP contribution in [-0.4, -0.2) is 35.0 Å². The maximum absolute atomic E-state index is 12.2. The van der Waals surface area contributed by atoms with Crippen LogP contribution in [0.2, 0.25) is 5.02 Å². The molecule has 2 aromatic carbocycles. The van der Waals surface area contributed by atoms with Crippen LogP contribution in [0.15, 0.2) is 54.6 Å². The van der Waals surface area contributed by atoms with Gasteiger partial charge in [-0.05, 0) is 29.8 Å². The molecular formula is C18H16ClN3O3S. The highest BCUT2D eigenvalue weighted by Gasteiger charge is 2.34. The third-order valence-corrected chi connectivity index (χ3v) is 5.18. The molecule has 1 aliphatic heterocycles. The number of hydrogen-bond donors (Lipinski definition) is 2. The summed E-state index contributed by atoms with van der Waals surface area (Å²) in [6, 6.07) is 15.7. The van der Waals surface area contributed by atoms with Gasteiger partial charge in [-0.2, -0.15) is 0 Å². The number of rotatable bonds is 5. The molecule has 26 heavy (non-hydrogen) atoms. The van der Waals surface area contributed by atoms with Crippen LogP contribution >= 0.6 is 23.4 Å². The fraction of sp³-hybridized carbons (Fsp3) is 0.167. The zero-order chi connectivity index (χ0) is 18.5. The van der Waals surface area contributed by atoms with Crippen molar-refractivity contribution in [2.75, 3.05) is 12.3 Å². The summed E-state index contributed by atoms with van der Waals surface area (Å²) in [5.74, 6) is -0.747. The van der Waals surface area contributed by atoms with Gasteiger partial charge in [0.1, 0.15) is 5.37 Å². The lowest BCUT2D eigenvalue weighted by Crippen LogP contribution is -2.48. The minimum atomic E-state index is -0.468. The van der Waals surface area contributed by atoms with Crippen molar-refractivity contribution >= 4 is 41.1 Å². The van der Waals surface area contributed by atoms with Gasteiger partial charge in [0.15, 0.2) is 0 Å². The monoisotopic (exact) mass is 389 g/mol. The standard InChI is InChI=1S/C18H16ClN3O3S/c19-14-8-6-13(7-9-14)18-22(16(24)11-26-18)21-15(23)10-20-17(25)12-4-2-1-3-5-12/h1-9,18H,10-11H2,(H,20,25)(H,21,23). The van der Waals surface area contributed by atoms with Gasteiger partial charge in [-0.15, -0.1) is 11.8 Å². The van der Waals surface area contributed by atoms with Gasteiger partial charge in [-0.3, -0.25) is 19.8 Å². The molecular weight excluding hydrogens is 374 g/mol. The summed E-state index contributed by atoms with van der Waals surface area (Å²) >= 11 is 7.30. The zero-order valence-electron chi connectivity index (χ0n) is 13.6. The van der Waals surface area contributed by atoms with Gasteiger partial charge in [0, 0.05) is 10.6 Å². The molecule has 1 unspecified atom stereocenters. The van der Waals surface area contributed by atoms with Crippen LogP contribution in [0.5, 0.6) is 0 Å². The highest BCUT2D eigenvalue weighted by atomic mass is 35.5. The lowest BCUT2D eigenvalue weighted by molar-refractivity contribution is -0.138. The molecule has 2 N–H and O–H groups in total. The van der Waals surface area contributed by atoms with Crippen LogP contribution in [0.3, 0.4) is 0 Å².